The highest BCUT2D eigenvalue weighted by molar-refractivity contribution is 6.29. The fraction of sp³-hybridized carbons (Fsp3) is 0.423. The van der Waals surface area contributed by atoms with E-state index in [1.807, 2.05) is 33.0 Å². The minimum Gasteiger partial charge on any atom is -0.476 e. The van der Waals surface area contributed by atoms with Crippen LogP contribution in [-0.4, -0.2) is 33.7 Å². The average Bonchev–Trinajstić information content (AvgIpc) is 2.77. The molecule has 0 saturated carbocycles. The summed E-state index contributed by atoms with van der Waals surface area (Å²) in [5, 5.41) is 14.5. The topological polar surface area (TPSA) is 87.5 Å². The van der Waals surface area contributed by atoms with E-state index in [9.17, 15) is 14.7 Å². The van der Waals surface area contributed by atoms with Crippen molar-refractivity contribution in [2.45, 2.75) is 46.6 Å². The van der Waals surface area contributed by atoms with Gasteiger partial charge in [-0.25, -0.2) is 9.78 Å². The van der Waals surface area contributed by atoms with Crippen molar-refractivity contribution in [1.29, 1.82) is 0 Å². The molecule has 34 heavy (non-hydrogen) atoms. The molecule has 3 aromatic rings. The van der Waals surface area contributed by atoms with Crippen LogP contribution in [0.3, 0.4) is 0 Å². The Morgan fingerprint density at radius 2 is 1.85 bits per heavy atom. The third-order valence-corrected chi connectivity index (χ3v) is 7.06. The minimum absolute atomic E-state index is 0.0335. The summed E-state index contributed by atoms with van der Waals surface area (Å²) < 4.78 is 1.74. The lowest BCUT2D eigenvalue weighted by molar-refractivity contribution is 0.0691. The summed E-state index contributed by atoms with van der Waals surface area (Å²) in [7, 11) is 1.83. The van der Waals surface area contributed by atoms with Gasteiger partial charge in [-0.1, -0.05) is 31.5 Å². The van der Waals surface area contributed by atoms with E-state index >= 15 is 0 Å². The van der Waals surface area contributed by atoms with Gasteiger partial charge in [-0.05, 0) is 72.9 Å². The van der Waals surface area contributed by atoms with Gasteiger partial charge >= 0.3 is 5.97 Å². The number of carbonyl (C=O) groups is 1. The number of anilines is 2. The Hall–Kier alpha value is -3.06. The van der Waals surface area contributed by atoms with Gasteiger partial charge in [-0.3, -0.25) is 9.36 Å². The van der Waals surface area contributed by atoms with Crippen LogP contribution in [-0.2, 0) is 7.05 Å². The molecule has 0 amide bonds. The van der Waals surface area contributed by atoms with Crippen LogP contribution in [0.4, 0.5) is 11.5 Å². The SMILES string of the molecule is Cc1cc(C(C)Nc2ccc(Cl)nc2C(=O)O)c2cc(N3CCC(C)(C)CC3)n(C)c(=O)c2c1. The van der Waals surface area contributed by atoms with E-state index in [4.69, 9.17) is 11.6 Å². The molecule has 0 bridgehead atoms. The lowest BCUT2D eigenvalue weighted by Gasteiger charge is -2.38. The Labute approximate surface area is 204 Å². The lowest BCUT2D eigenvalue weighted by atomic mass is 9.82. The predicted molar refractivity (Wildman–Crippen MR) is 137 cm³/mol. The fourth-order valence-corrected chi connectivity index (χ4v) is 4.85. The number of rotatable bonds is 5. The molecule has 2 N–H and O–H groups in total. The number of carboxylic acids is 1. The van der Waals surface area contributed by atoms with Gasteiger partial charge < -0.3 is 15.3 Å². The Morgan fingerprint density at radius 1 is 1.18 bits per heavy atom. The zero-order valence-electron chi connectivity index (χ0n) is 20.3. The first kappa shape index (κ1) is 24.1. The number of aryl methyl sites for hydroxylation is 1. The first-order valence-corrected chi connectivity index (χ1v) is 11.9. The molecule has 1 unspecified atom stereocenters. The van der Waals surface area contributed by atoms with Gasteiger partial charge in [-0.2, -0.15) is 0 Å². The maximum Gasteiger partial charge on any atom is 0.356 e. The molecule has 0 aliphatic carbocycles. The van der Waals surface area contributed by atoms with Crippen molar-refractivity contribution < 1.29 is 9.90 Å². The summed E-state index contributed by atoms with van der Waals surface area (Å²) in [6, 6.07) is 8.97. The van der Waals surface area contributed by atoms with E-state index in [1.165, 1.54) is 0 Å². The molecule has 0 radical (unpaired) electrons. The second-order valence-electron chi connectivity index (χ2n) is 10.0. The molecule has 2 aromatic heterocycles. The van der Waals surface area contributed by atoms with Crippen molar-refractivity contribution in [3.05, 3.63) is 62.7 Å². The Morgan fingerprint density at radius 3 is 2.50 bits per heavy atom. The molecule has 1 aliphatic heterocycles. The highest BCUT2D eigenvalue weighted by Gasteiger charge is 2.27. The first-order chi connectivity index (χ1) is 16.0. The minimum atomic E-state index is -1.16. The third-order valence-electron chi connectivity index (χ3n) is 6.85. The van der Waals surface area contributed by atoms with Gasteiger partial charge in [0.15, 0.2) is 5.69 Å². The number of fused-ring (bicyclic) bond motifs is 1. The van der Waals surface area contributed by atoms with Crippen LogP contribution in [0, 0.1) is 12.3 Å². The van der Waals surface area contributed by atoms with E-state index in [2.05, 4.69) is 35.1 Å². The van der Waals surface area contributed by atoms with Crippen LogP contribution in [0.15, 0.2) is 35.1 Å². The van der Waals surface area contributed by atoms with Gasteiger partial charge in [0, 0.05) is 31.6 Å². The number of halogens is 1. The Bertz CT molecular complexity index is 1320. The van der Waals surface area contributed by atoms with Crippen molar-refractivity contribution in [3.63, 3.8) is 0 Å². The number of benzene rings is 1. The summed E-state index contributed by atoms with van der Waals surface area (Å²) in [6.07, 6.45) is 2.14. The molecular weight excluding hydrogens is 452 g/mol. The zero-order valence-corrected chi connectivity index (χ0v) is 21.0. The number of nitrogens with zero attached hydrogens (tertiary/aromatic N) is 3. The molecule has 1 aromatic carbocycles. The van der Waals surface area contributed by atoms with Gasteiger partial charge in [0.05, 0.1) is 5.69 Å². The van der Waals surface area contributed by atoms with Crippen molar-refractivity contribution >= 4 is 39.8 Å². The zero-order chi connectivity index (χ0) is 24.8. The summed E-state index contributed by atoms with van der Waals surface area (Å²) in [5.41, 5.74) is 2.41. The number of aromatic carboxylic acids is 1. The van der Waals surface area contributed by atoms with E-state index in [1.54, 1.807) is 16.7 Å². The van der Waals surface area contributed by atoms with Crippen LogP contribution in [0.1, 0.15) is 61.3 Å². The summed E-state index contributed by atoms with van der Waals surface area (Å²) in [4.78, 5) is 31.3. The Balaban J connectivity index is 1.79. The molecule has 8 heteroatoms. The average molecular weight is 483 g/mol. The van der Waals surface area contributed by atoms with E-state index in [0.717, 1.165) is 48.3 Å². The van der Waals surface area contributed by atoms with Gasteiger partial charge in [0.25, 0.3) is 5.56 Å². The van der Waals surface area contributed by atoms with Crippen LogP contribution in [0.2, 0.25) is 5.15 Å². The van der Waals surface area contributed by atoms with Gasteiger partial charge in [0.2, 0.25) is 0 Å². The molecule has 180 valence electrons. The Kier molecular flexibility index (Phi) is 6.34. The van der Waals surface area contributed by atoms with Crippen molar-refractivity contribution in [3.8, 4) is 0 Å². The third kappa shape index (κ3) is 4.62. The number of hydrogen-bond acceptors (Lipinski definition) is 5. The predicted octanol–water partition coefficient (Wildman–Crippen LogP) is 5.39. The van der Waals surface area contributed by atoms with Crippen molar-refractivity contribution in [1.82, 2.24) is 9.55 Å². The number of nitrogens with one attached hydrogen (secondary N) is 1. The second-order valence-corrected chi connectivity index (χ2v) is 10.4. The fourth-order valence-electron chi connectivity index (χ4n) is 4.70. The molecule has 4 rings (SSSR count). The molecule has 3 heterocycles. The monoisotopic (exact) mass is 482 g/mol. The number of hydrogen-bond donors (Lipinski definition) is 2. The number of piperidine rings is 1. The number of aromatic nitrogens is 2. The standard InChI is InChI=1S/C26H31ClN4O3/c1-15-12-17(16(2)28-20-6-7-21(27)29-23(20)25(33)34)18-14-22(30(5)24(32)19(18)13-15)31-10-8-26(3,4)9-11-31/h6-7,12-14,16,28H,8-11H2,1-5H3,(H,33,34). The molecule has 7 nitrogen and oxygen atoms in total. The van der Waals surface area contributed by atoms with Crippen LogP contribution in [0.5, 0.6) is 0 Å². The molecule has 1 fully saturated rings. The van der Waals surface area contributed by atoms with Gasteiger partial charge in [0.1, 0.15) is 11.0 Å². The summed E-state index contributed by atoms with van der Waals surface area (Å²) >= 11 is 5.91. The lowest BCUT2D eigenvalue weighted by Crippen LogP contribution is -2.40. The summed E-state index contributed by atoms with van der Waals surface area (Å²) in [5.74, 6) is -0.250. The largest absolute Gasteiger partial charge is 0.476 e. The highest BCUT2D eigenvalue weighted by atomic mass is 35.5. The van der Waals surface area contributed by atoms with Crippen LogP contribution >= 0.6 is 11.6 Å². The maximum atomic E-state index is 13.4. The number of pyridine rings is 2. The quantitative estimate of drug-likeness (QED) is 0.474. The van der Waals surface area contributed by atoms with E-state index < -0.39 is 5.97 Å². The molecule has 1 atom stereocenters. The van der Waals surface area contributed by atoms with E-state index in [0.29, 0.717) is 16.5 Å². The molecule has 1 saturated heterocycles. The van der Waals surface area contributed by atoms with Gasteiger partial charge in [-0.15, -0.1) is 0 Å². The smallest absolute Gasteiger partial charge is 0.356 e. The second kappa shape index (κ2) is 8.95. The normalized spacial score (nSPS) is 16.5. The first-order valence-electron chi connectivity index (χ1n) is 11.5. The van der Waals surface area contributed by atoms with Crippen LogP contribution < -0.4 is 15.8 Å². The van der Waals surface area contributed by atoms with Crippen molar-refractivity contribution in [2.24, 2.45) is 12.5 Å². The highest BCUT2D eigenvalue weighted by Crippen LogP contribution is 2.34. The molecular formula is C26H31ClN4O3. The van der Waals surface area contributed by atoms with Crippen molar-refractivity contribution in [2.75, 3.05) is 23.3 Å². The number of carboxylic acid groups (broad SMARTS) is 1. The maximum absolute atomic E-state index is 13.4. The summed E-state index contributed by atoms with van der Waals surface area (Å²) in [6.45, 7) is 10.3. The molecule has 0 spiro atoms. The van der Waals surface area contributed by atoms with E-state index in [-0.39, 0.29) is 22.4 Å². The molecule has 1 aliphatic rings. The van der Waals surface area contributed by atoms with Crippen LogP contribution in [0.25, 0.3) is 10.8 Å².